The predicted octanol–water partition coefficient (Wildman–Crippen LogP) is 5.07. The molecule has 0 amide bonds. The smallest absolute Gasteiger partial charge is 0.335 e. The van der Waals surface area contributed by atoms with Gasteiger partial charge in [0, 0.05) is 24.1 Å². The number of aryl methyl sites for hydroxylation is 1. The first-order valence-electron chi connectivity index (χ1n) is 5.58. The number of benzene rings is 2. The molecule has 0 fully saturated rings. The molecule has 19 heavy (non-hydrogen) atoms. The minimum absolute atomic E-state index is 0.335. The van der Waals surface area contributed by atoms with Crippen molar-refractivity contribution >= 4 is 45.4 Å². The number of carboxylic acid groups (broad SMARTS) is 1. The first-order valence-corrected chi connectivity index (χ1v) is 8.00. The van der Waals surface area contributed by atoms with Gasteiger partial charge in [-0.3, -0.25) is 0 Å². The molecular formula is C14H9BrO2S2. The highest BCUT2D eigenvalue weighted by Gasteiger charge is 2.20. The second-order valence-corrected chi connectivity index (χ2v) is 7.24. The fraction of sp³-hybridized carbons (Fsp3) is 0.0714. The van der Waals surface area contributed by atoms with Crippen LogP contribution in [-0.2, 0) is 0 Å². The first-order chi connectivity index (χ1) is 9.04. The number of aromatic carboxylic acids is 1. The highest BCUT2D eigenvalue weighted by molar-refractivity contribution is 9.10. The lowest BCUT2D eigenvalue weighted by atomic mass is 10.2. The van der Waals surface area contributed by atoms with Crippen LogP contribution in [0.25, 0.3) is 0 Å². The summed E-state index contributed by atoms with van der Waals surface area (Å²) >= 11 is 6.90. The Morgan fingerprint density at radius 3 is 2.63 bits per heavy atom. The maximum absolute atomic E-state index is 11.0. The number of hydrogen-bond acceptors (Lipinski definition) is 3. The molecule has 1 aliphatic rings. The molecule has 96 valence electrons. The van der Waals surface area contributed by atoms with Gasteiger partial charge in [0.05, 0.1) is 5.56 Å². The molecule has 1 N–H and O–H groups in total. The Bertz CT molecular complexity index is 698. The average molecular weight is 353 g/mol. The summed E-state index contributed by atoms with van der Waals surface area (Å²) in [6.45, 7) is 2.06. The normalized spacial score (nSPS) is 12.7. The van der Waals surface area contributed by atoms with Crippen molar-refractivity contribution in [2.24, 2.45) is 0 Å². The third kappa shape index (κ3) is 2.42. The molecule has 5 heteroatoms. The Balaban J connectivity index is 2.09. The fourth-order valence-corrected chi connectivity index (χ4v) is 5.22. The van der Waals surface area contributed by atoms with E-state index in [4.69, 9.17) is 5.11 Å². The van der Waals surface area contributed by atoms with Crippen LogP contribution in [0.2, 0.25) is 0 Å². The molecule has 1 aliphatic heterocycles. The van der Waals surface area contributed by atoms with Crippen molar-refractivity contribution in [3.8, 4) is 0 Å². The minimum Gasteiger partial charge on any atom is -0.478 e. The summed E-state index contributed by atoms with van der Waals surface area (Å²) in [6.07, 6.45) is 0. The topological polar surface area (TPSA) is 37.3 Å². The van der Waals surface area contributed by atoms with E-state index in [0.717, 1.165) is 14.3 Å². The largest absolute Gasteiger partial charge is 0.478 e. The van der Waals surface area contributed by atoms with Gasteiger partial charge in [0.1, 0.15) is 0 Å². The van der Waals surface area contributed by atoms with E-state index in [0.29, 0.717) is 5.56 Å². The molecule has 2 nitrogen and oxygen atoms in total. The Kier molecular flexibility index (Phi) is 3.37. The van der Waals surface area contributed by atoms with Crippen molar-refractivity contribution in [3.63, 3.8) is 0 Å². The summed E-state index contributed by atoms with van der Waals surface area (Å²) in [5.41, 5.74) is 1.53. The van der Waals surface area contributed by atoms with Gasteiger partial charge < -0.3 is 5.11 Å². The second kappa shape index (κ2) is 4.89. The molecule has 3 rings (SSSR count). The lowest BCUT2D eigenvalue weighted by Gasteiger charge is -2.20. The Labute approximate surface area is 127 Å². The third-order valence-electron chi connectivity index (χ3n) is 2.78. The summed E-state index contributed by atoms with van der Waals surface area (Å²) in [5.74, 6) is -0.885. The quantitative estimate of drug-likeness (QED) is 0.663. The van der Waals surface area contributed by atoms with Crippen LogP contribution >= 0.6 is 39.5 Å². The van der Waals surface area contributed by atoms with Crippen LogP contribution in [0.4, 0.5) is 0 Å². The van der Waals surface area contributed by atoms with Gasteiger partial charge in [0.15, 0.2) is 0 Å². The molecule has 0 radical (unpaired) electrons. The third-order valence-corrected chi connectivity index (χ3v) is 6.24. The van der Waals surface area contributed by atoms with E-state index < -0.39 is 5.97 Å². The molecule has 0 bridgehead atoms. The summed E-state index contributed by atoms with van der Waals surface area (Å²) < 4.78 is 1.09. The lowest BCUT2D eigenvalue weighted by molar-refractivity contribution is 0.0696. The van der Waals surface area contributed by atoms with E-state index >= 15 is 0 Å². The SMILES string of the molecule is Cc1cc(Br)c2c(c1)Sc1cc(C(=O)O)ccc1S2. The van der Waals surface area contributed by atoms with Crippen LogP contribution in [-0.4, -0.2) is 11.1 Å². The number of rotatable bonds is 1. The van der Waals surface area contributed by atoms with Gasteiger partial charge in [0.25, 0.3) is 0 Å². The van der Waals surface area contributed by atoms with Gasteiger partial charge in [0.2, 0.25) is 0 Å². The molecule has 0 unspecified atom stereocenters. The number of hydrogen-bond donors (Lipinski definition) is 1. The van der Waals surface area contributed by atoms with E-state index in [1.54, 1.807) is 35.7 Å². The van der Waals surface area contributed by atoms with E-state index in [1.807, 2.05) is 6.07 Å². The van der Waals surface area contributed by atoms with E-state index in [9.17, 15) is 4.79 Å². The summed E-state index contributed by atoms with van der Waals surface area (Å²) in [4.78, 5) is 15.5. The number of carbonyl (C=O) groups is 1. The molecule has 0 spiro atoms. The van der Waals surface area contributed by atoms with Gasteiger partial charge in [-0.15, -0.1) is 0 Å². The molecular weight excluding hydrogens is 344 g/mol. The van der Waals surface area contributed by atoms with E-state index in [2.05, 4.69) is 35.0 Å². The van der Waals surface area contributed by atoms with Crippen LogP contribution in [0.5, 0.6) is 0 Å². The van der Waals surface area contributed by atoms with Crippen molar-refractivity contribution in [2.75, 3.05) is 0 Å². The number of fused-ring (bicyclic) bond motifs is 2. The summed E-state index contributed by atoms with van der Waals surface area (Å²) in [7, 11) is 0. The van der Waals surface area contributed by atoms with Crippen LogP contribution in [0.15, 0.2) is 54.4 Å². The molecule has 1 heterocycles. The van der Waals surface area contributed by atoms with Gasteiger partial charge in [-0.05, 0) is 58.7 Å². The van der Waals surface area contributed by atoms with Crippen LogP contribution in [0.1, 0.15) is 15.9 Å². The highest BCUT2D eigenvalue weighted by atomic mass is 79.9. The van der Waals surface area contributed by atoms with Crippen LogP contribution in [0.3, 0.4) is 0 Å². The molecule has 2 aromatic carbocycles. The standard InChI is InChI=1S/C14H9BrO2S2/c1-7-4-9(15)13-12(5-7)18-11-6-8(14(16)17)2-3-10(11)19-13/h2-6H,1H3,(H,16,17). The predicted molar refractivity (Wildman–Crippen MR) is 80.5 cm³/mol. The zero-order valence-corrected chi connectivity index (χ0v) is 13.2. The van der Waals surface area contributed by atoms with Gasteiger partial charge in [-0.1, -0.05) is 23.5 Å². The van der Waals surface area contributed by atoms with Gasteiger partial charge in [-0.2, -0.15) is 0 Å². The number of halogens is 1. The molecule has 0 saturated heterocycles. The van der Waals surface area contributed by atoms with Crippen LogP contribution < -0.4 is 0 Å². The monoisotopic (exact) mass is 352 g/mol. The highest BCUT2D eigenvalue weighted by Crippen LogP contribution is 2.51. The van der Waals surface area contributed by atoms with E-state index in [-0.39, 0.29) is 0 Å². The Morgan fingerprint density at radius 1 is 1.11 bits per heavy atom. The van der Waals surface area contributed by atoms with Crippen LogP contribution in [0, 0.1) is 6.92 Å². The average Bonchev–Trinajstić information content (AvgIpc) is 2.35. The summed E-state index contributed by atoms with van der Waals surface area (Å²) in [6, 6.07) is 9.51. The second-order valence-electron chi connectivity index (χ2n) is 4.24. The first kappa shape index (κ1) is 13.1. The van der Waals surface area contributed by atoms with Gasteiger partial charge >= 0.3 is 5.97 Å². The molecule has 2 aromatic rings. The molecule has 0 aliphatic carbocycles. The van der Waals surface area contributed by atoms with Crippen molar-refractivity contribution in [2.45, 2.75) is 26.5 Å². The minimum atomic E-state index is -0.885. The maximum Gasteiger partial charge on any atom is 0.335 e. The Morgan fingerprint density at radius 2 is 1.89 bits per heavy atom. The van der Waals surface area contributed by atoms with Crippen molar-refractivity contribution in [3.05, 3.63) is 45.9 Å². The maximum atomic E-state index is 11.0. The fourth-order valence-electron chi connectivity index (χ4n) is 1.91. The number of carboxylic acids is 1. The van der Waals surface area contributed by atoms with E-state index in [1.165, 1.54) is 15.4 Å². The van der Waals surface area contributed by atoms with Gasteiger partial charge in [-0.25, -0.2) is 4.79 Å². The molecule has 0 saturated carbocycles. The zero-order chi connectivity index (χ0) is 13.6. The Hall–Kier alpha value is -0.910. The molecule has 0 atom stereocenters. The molecule has 0 aromatic heterocycles. The summed E-state index contributed by atoms with van der Waals surface area (Å²) in [5, 5.41) is 9.05. The van der Waals surface area contributed by atoms with Crippen molar-refractivity contribution < 1.29 is 9.90 Å². The van der Waals surface area contributed by atoms with Crippen molar-refractivity contribution in [1.29, 1.82) is 0 Å². The zero-order valence-electron chi connectivity index (χ0n) is 9.94. The van der Waals surface area contributed by atoms with Crippen molar-refractivity contribution in [1.82, 2.24) is 0 Å². The lowest BCUT2D eigenvalue weighted by Crippen LogP contribution is -1.98.